The number of hydrogen-bond acceptors (Lipinski definition) is 3. The van der Waals surface area contributed by atoms with E-state index in [2.05, 4.69) is 39.2 Å². The molecule has 0 spiro atoms. The minimum absolute atomic E-state index is 0.477. The minimum Gasteiger partial charge on any atom is -0.486 e. The molecule has 3 nitrogen and oxygen atoms in total. The van der Waals surface area contributed by atoms with Gasteiger partial charge in [-0.2, -0.15) is 0 Å². The third-order valence-corrected chi connectivity index (χ3v) is 3.73. The Morgan fingerprint density at radius 3 is 2.76 bits per heavy atom. The van der Waals surface area contributed by atoms with Crippen molar-refractivity contribution in [2.24, 2.45) is 0 Å². The van der Waals surface area contributed by atoms with Gasteiger partial charge in [-0.1, -0.05) is 25.1 Å². The van der Waals surface area contributed by atoms with Crippen molar-refractivity contribution in [3.05, 3.63) is 57.8 Å². The van der Waals surface area contributed by atoms with Gasteiger partial charge in [-0.05, 0) is 54.0 Å². The summed E-state index contributed by atoms with van der Waals surface area (Å²) in [4.78, 5) is 4.47. The van der Waals surface area contributed by atoms with Gasteiger partial charge in [0.1, 0.15) is 12.4 Å². The molecule has 21 heavy (non-hydrogen) atoms. The van der Waals surface area contributed by atoms with E-state index in [0.29, 0.717) is 6.61 Å². The van der Waals surface area contributed by atoms with Gasteiger partial charge in [0.25, 0.3) is 0 Å². The summed E-state index contributed by atoms with van der Waals surface area (Å²) in [5, 5.41) is 3.41. The smallest absolute Gasteiger partial charge is 0.138 e. The first-order chi connectivity index (χ1) is 10.2. The number of aromatic nitrogens is 1. The highest BCUT2D eigenvalue weighted by molar-refractivity contribution is 9.10. The highest BCUT2D eigenvalue weighted by Crippen LogP contribution is 2.29. The van der Waals surface area contributed by atoms with Crippen molar-refractivity contribution in [1.29, 1.82) is 0 Å². The molecule has 112 valence electrons. The molecule has 0 fully saturated rings. The third kappa shape index (κ3) is 4.83. The van der Waals surface area contributed by atoms with Crippen LogP contribution in [0.4, 0.5) is 0 Å². The maximum absolute atomic E-state index is 5.99. The number of rotatable bonds is 7. The van der Waals surface area contributed by atoms with Gasteiger partial charge in [0, 0.05) is 17.8 Å². The third-order valence-electron chi connectivity index (χ3n) is 3.10. The van der Waals surface area contributed by atoms with Crippen LogP contribution < -0.4 is 10.1 Å². The van der Waals surface area contributed by atoms with Crippen LogP contribution in [0.5, 0.6) is 5.75 Å². The SMILES string of the molecule is CCCNCc1cccc(Br)c1OCc1cccc(C)n1. The van der Waals surface area contributed by atoms with E-state index in [4.69, 9.17) is 4.74 Å². The van der Waals surface area contributed by atoms with E-state index in [1.165, 1.54) is 0 Å². The Kier molecular flexibility index (Phi) is 6.21. The fourth-order valence-corrected chi connectivity index (χ4v) is 2.60. The fourth-order valence-electron chi connectivity index (χ4n) is 2.08. The van der Waals surface area contributed by atoms with Gasteiger partial charge in [-0.15, -0.1) is 0 Å². The average Bonchev–Trinajstić information content (AvgIpc) is 2.47. The zero-order chi connectivity index (χ0) is 15.1. The number of benzene rings is 1. The van der Waals surface area contributed by atoms with E-state index in [1.54, 1.807) is 0 Å². The zero-order valence-corrected chi connectivity index (χ0v) is 14.1. The van der Waals surface area contributed by atoms with E-state index in [9.17, 15) is 0 Å². The highest BCUT2D eigenvalue weighted by Gasteiger charge is 2.08. The Balaban J connectivity index is 2.07. The summed E-state index contributed by atoms with van der Waals surface area (Å²) < 4.78 is 6.97. The van der Waals surface area contributed by atoms with Gasteiger partial charge in [0.2, 0.25) is 0 Å². The second-order valence-electron chi connectivity index (χ2n) is 4.96. The first kappa shape index (κ1) is 16.0. The predicted octanol–water partition coefficient (Wildman–Crippen LogP) is 4.23. The molecule has 0 atom stereocenters. The lowest BCUT2D eigenvalue weighted by Crippen LogP contribution is -2.15. The Labute approximate surface area is 134 Å². The summed E-state index contributed by atoms with van der Waals surface area (Å²) in [6.45, 7) is 6.44. The van der Waals surface area contributed by atoms with Crippen LogP contribution in [0, 0.1) is 6.92 Å². The molecule has 0 saturated heterocycles. The van der Waals surface area contributed by atoms with E-state index in [0.717, 1.165) is 46.7 Å². The van der Waals surface area contributed by atoms with Crippen molar-refractivity contribution in [3.63, 3.8) is 0 Å². The maximum Gasteiger partial charge on any atom is 0.138 e. The van der Waals surface area contributed by atoms with Crippen molar-refractivity contribution in [3.8, 4) is 5.75 Å². The molecule has 0 aliphatic rings. The van der Waals surface area contributed by atoms with Crippen LogP contribution in [-0.4, -0.2) is 11.5 Å². The molecule has 1 aromatic heterocycles. The molecule has 0 radical (unpaired) electrons. The Morgan fingerprint density at radius 1 is 1.19 bits per heavy atom. The summed E-state index contributed by atoms with van der Waals surface area (Å²) >= 11 is 3.57. The molecule has 1 aromatic carbocycles. The van der Waals surface area contributed by atoms with Crippen LogP contribution in [0.1, 0.15) is 30.3 Å². The molecule has 2 rings (SSSR count). The fraction of sp³-hybridized carbons (Fsp3) is 0.353. The van der Waals surface area contributed by atoms with Crippen LogP contribution in [0.3, 0.4) is 0 Å². The monoisotopic (exact) mass is 348 g/mol. The van der Waals surface area contributed by atoms with Crippen molar-refractivity contribution in [2.45, 2.75) is 33.4 Å². The molecule has 2 aromatic rings. The van der Waals surface area contributed by atoms with E-state index in [1.807, 2.05) is 37.3 Å². The second-order valence-corrected chi connectivity index (χ2v) is 5.82. The predicted molar refractivity (Wildman–Crippen MR) is 89.4 cm³/mol. The van der Waals surface area contributed by atoms with Gasteiger partial charge in [0.05, 0.1) is 10.2 Å². The molecule has 1 heterocycles. The number of pyridine rings is 1. The quantitative estimate of drug-likeness (QED) is 0.760. The number of nitrogens with zero attached hydrogens (tertiary/aromatic N) is 1. The lowest BCUT2D eigenvalue weighted by molar-refractivity contribution is 0.295. The van der Waals surface area contributed by atoms with E-state index in [-0.39, 0.29) is 0 Å². The molecule has 1 N–H and O–H groups in total. The lowest BCUT2D eigenvalue weighted by atomic mass is 10.2. The summed E-state index contributed by atoms with van der Waals surface area (Å²) in [5.74, 6) is 0.893. The Morgan fingerprint density at radius 2 is 2.00 bits per heavy atom. The van der Waals surface area contributed by atoms with Gasteiger partial charge >= 0.3 is 0 Å². The molecule has 0 saturated carbocycles. The van der Waals surface area contributed by atoms with Crippen molar-refractivity contribution in [2.75, 3.05) is 6.54 Å². The van der Waals surface area contributed by atoms with Crippen LogP contribution in [-0.2, 0) is 13.2 Å². The molecular weight excluding hydrogens is 328 g/mol. The number of para-hydroxylation sites is 1. The van der Waals surface area contributed by atoms with E-state index >= 15 is 0 Å². The Hall–Kier alpha value is -1.39. The highest BCUT2D eigenvalue weighted by atomic mass is 79.9. The molecule has 4 heteroatoms. The first-order valence-corrected chi connectivity index (χ1v) is 8.03. The lowest BCUT2D eigenvalue weighted by Gasteiger charge is -2.14. The molecule has 0 unspecified atom stereocenters. The van der Waals surface area contributed by atoms with Crippen LogP contribution >= 0.6 is 15.9 Å². The molecule has 0 amide bonds. The van der Waals surface area contributed by atoms with Crippen molar-refractivity contribution in [1.82, 2.24) is 10.3 Å². The molecule has 0 aliphatic carbocycles. The molecule has 0 bridgehead atoms. The number of aryl methyl sites for hydroxylation is 1. The average molecular weight is 349 g/mol. The number of halogens is 1. The van der Waals surface area contributed by atoms with Crippen molar-refractivity contribution < 1.29 is 4.74 Å². The van der Waals surface area contributed by atoms with E-state index < -0.39 is 0 Å². The number of hydrogen-bond donors (Lipinski definition) is 1. The number of nitrogens with one attached hydrogen (secondary N) is 1. The van der Waals surface area contributed by atoms with Crippen LogP contribution in [0.25, 0.3) is 0 Å². The normalized spacial score (nSPS) is 10.6. The summed E-state index contributed by atoms with van der Waals surface area (Å²) in [6, 6.07) is 12.1. The summed E-state index contributed by atoms with van der Waals surface area (Å²) in [5.41, 5.74) is 3.11. The zero-order valence-electron chi connectivity index (χ0n) is 12.5. The minimum atomic E-state index is 0.477. The van der Waals surface area contributed by atoms with Crippen molar-refractivity contribution >= 4 is 15.9 Å². The van der Waals surface area contributed by atoms with Crippen LogP contribution in [0.2, 0.25) is 0 Å². The largest absolute Gasteiger partial charge is 0.486 e. The molecular formula is C17H21BrN2O. The van der Waals surface area contributed by atoms with Gasteiger partial charge in [0.15, 0.2) is 0 Å². The summed E-state index contributed by atoms with van der Waals surface area (Å²) in [6.07, 6.45) is 1.12. The van der Waals surface area contributed by atoms with Gasteiger partial charge in [-0.3, -0.25) is 4.98 Å². The standard InChI is InChI=1S/C17H21BrN2O/c1-3-10-19-11-14-7-5-9-16(18)17(14)21-12-15-8-4-6-13(2)20-15/h4-9,19H,3,10-12H2,1-2H3. The van der Waals surface area contributed by atoms with Gasteiger partial charge in [-0.25, -0.2) is 0 Å². The maximum atomic E-state index is 5.99. The molecule has 0 aliphatic heterocycles. The number of ether oxygens (including phenoxy) is 1. The topological polar surface area (TPSA) is 34.1 Å². The van der Waals surface area contributed by atoms with Gasteiger partial charge < -0.3 is 10.1 Å². The van der Waals surface area contributed by atoms with Crippen LogP contribution in [0.15, 0.2) is 40.9 Å². The Bertz CT molecular complexity index is 587. The first-order valence-electron chi connectivity index (χ1n) is 7.24. The second kappa shape index (κ2) is 8.15. The summed E-state index contributed by atoms with van der Waals surface area (Å²) in [7, 11) is 0.